The van der Waals surface area contributed by atoms with Crippen LogP contribution in [0.5, 0.6) is 17.2 Å². The van der Waals surface area contributed by atoms with Crippen LogP contribution in [0.4, 0.5) is 0 Å². The summed E-state index contributed by atoms with van der Waals surface area (Å²) >= 11 is 0. The van der Waals surface area contributed by atoms with Gasteiger partial charge < -0.3 is 20.1 Å². The second-order valence-corrected chi connectivity index (χ2v) is 3.07. The van der Waals surface area contributed by atoms with E-state index in [4.69, 9.17) is 15.1 Å². The zero-order chi connectivity index (χ0) is 13.0. The molecule has 0 aliphatic heterocycles. The van der Waals surface area contributed by atoms with E-state index in [0.717, 1.165) is 12.1 Å². The van der Waals surface area contributed by atoms with Crippen LogP contribution < -0.4 is 4.74 Å². The number of phenolic OH excluding ortho intramolecular Hbond substituents is 2. The molecule has 0 radical (unpaired) electrons. The summed E-state index contributed by atoms with van der Waals surface area (Å²) in [5, 5.41) is 35.9. The van der Waals surface area contributed by atoms with Gasteiger partial charge in [-0.15, -0.1) is 0 Å². The highest BCUT2D eigenvalue weighted by atomic mass is 16.5. The molecule has 0 atom stereocenters. The summed E-state index contributed by atoms with van der Waals surface area (Å²) in [5.74, 6) is -2.30. The lowest BCUT2D eigenvalue weighted by Crippen LogP contribution is -1.97. The summed E-state index contributed by atoms with van der Waals surface area (Å²) < 4.78 is 4.77. The number of phenols is 2. The van der Waals surface area contributed by atoms with Gasteiger partial charge in [0.2, 0.25) is 5.75 Å². The number of aromatic hydroxyl groups is 2. The largest absolute Gasteiger partial charge is 0.504 e. The first-order valence-corrected chi connectivity index (χ1v) is 4.44. The Balaban J connectivity index is 3.30. The van der Waals surface area contributed by atoms with E-state index >= 15 is 0 Å². The molecular weight excluding hydrogens is 226 g/mol. The standard InChI is InChI=1S/C11H9NO5/c1-17-9-4-6(3-8(13)10(9)14)2-7(5-12)11(15)16/h2-4,13-14H,1H3,(H,15,16). The fourth-order valence-corrected chi connectivity index (χ4v) is 1.16. The van der Waals surface area contributed by atoms with Crippen LogP contribution in [0.25, 0.3) is 6.08 Å². The number of ether oxygens (including phenoxy) is 1. The van der Waals surface area contributed by atoms with Crippen molar-refractivity contribution in [3.63, 3.8) is 0 Å². The van der Waals surface area contributed by atoms with E-state index in [1.54, 1.807) is 0 Å². The Morgan fingerprint density at radius 2 is 2.12 bits per heavy atom. The highest BCUT2D eigenvalue weighted by molar-refractivity contribution is 5.96. The van der Waals surface area contributed by atoms with Crippen molar-refractivity contribution in [3.8, 4) is 23.3 Å². The topological polar surface area (TPSA) is 111 Å². The van der Waals surface area contributed by atoms with Crippen LogP contribution in [0.15, 0.2) is 17.7 Å². The summed E-state index contributed by atoms with van der Waals surface area (Å²) in [6.45, 7) is 0. The first-order valence-electron chi connectivity index (χ1n) is 4.44. The highest BCUT2D eigenvalue weighted by Crippen LogP contribution is 2.36. The number of nitrogens with zero attached hydrogens (tertiary/aromatic N) is 1. The minimum atomic E-state index is -1.38. The van der Waals surface area contributed by atoms with Gasteiger partial charge in [0.15, 0.2) is 11.5 Å². The van der Waals surface area contributed by atoms with Gasteiger partial charge in [0.05, 0.1) is 7.11 Å². The van der Waals surface area contributed by atoms with E-state index in [-0.39, 0.29) is 11.3 Å². The zero-order valence-electron chi connectivity index (χ0n) is 8.84. The van der Waals surface area contributed by atoms with Gasteiger partial charge >= 0.3 is 5.97 Å². The van der Waals surface area contributed by atoms with Gasteiger partial charge in [0, 0.05) is 0 Å². The van der Waals surface area contributed by atoms with E-state index < -0.39 is 23.0 Å². The molecule has 0 heterocycles. The fourth-order valence-electron chi connectivity index (χ4n) is 1.16. The smallest absolute Gasteiger partial charge is 0.346 e. The number of nitriles is 1. The van der Waals surface area contributed by atoms with Crippen molar-refractivity contribution >= 4 is 12.0 Å². The molecule has 6 heteroatoms. The predicted molar refractivity (Wildman–Crippen MR) is 57.5 cm³/mol. The molecule has 17 heavy (non-hydrogen) atoms. The molecular formula is C11H9NO5. The minimum absolute atomic E-state index is 0.0149. The number of carboxylic acids is 1. The Bertz CT molecular complexity index is 527. The van der Waals surface area contributed by atoms with Gasteiger partial charge in [-0.25, -0.2) is 4.79 Å². The number of methoxy groups -OCH3 is 1. The molecule has 0 unspecified atom stereocenters. The van der Waals surface area contributed by atoms with Crippen molar-refractivity contribution in [1.82, 2.24) is 0 Å². The number of carboxylic acid groups (broad SMARTS) is 1. The molecule has 1 aromatic carbocycles. The molecule has 88 valence electrons. The molecule has 1 aromatic rings. The van der Waals surface area contributed by atoms with E-state index in [2.05, 4.69) is 0 Å². The monoisotopic (exact) mass is 235 g/mol. The summed E-state index contributed by atoms with van der Waals surface area (Å²) in [5.41, 5.74) is -0.256. The van der Waals surface area contributed by atoms with Crippen LogP contribution in [0.1, 0.15) is 5.56 Å². The van der Waals surface area contributed by atoms with Crippen molar-refractivity contribution in [2.24, 2.45) is 0 Å². The van der Waals surface area contributed by atoms with Crippen molar-refractivity contribution in [2.75, 3.05) is 7.11 Å². The van der Waals surface area contributed by atoms with Gasteiger partial charge in [-0.2, -0.15) is 5.26 Å². The minimum Gasteiger partial charge on any atom is -0.504 e. The number of aliphatic carboxylic acids is 1. The van der Waals surface area contributed by atoms with Crippen LogP contribution in [0, 0.1) is 11.3 Å². The molecule has 0 aliphatic carbocycles. The lowest BCUT2D eigenvalue weighted by atomic mass is 10.1. The summed E-state index contributed by atoms with van der Waals surface area (Å²) in [6.07, 6.45) is 1.06. The van der Waals surface area contributed by atoms with Crippen LogP contribution in [0.2, 0.25) is 0 Å². The van der Waals surface area contributed by atoms with Crippen molar-refractivity contribution in [2.45, 2.75) is 0 Å². The van der Waals surface area contributed by atoms with Gasteiger partial charge in [0.25, 0.3) is 0 Å². The Hall–Kier alpha value is -2.68. The quantitative estimate of drug-likeness (QED) is 0.411. The van der Waals surface area contributed by atoms with Gasteiger partial charge in [-0.1, -0.05) is 0 Å². The van der Waals surface area contributed by atoms with Gasteiger partial charge in [-0.3, -0.25) is 0 Å². The molecule has 6 nitrogen and oxygen atoms in total. The average molecular weight is 235 g/mol. The molecule has 0 saturated heterocycles. The van der Waals surface area contributed by atoms with E-state index in [1.165, 1.54) is 19.2 Å². The van der Waals surface area contributed by atoms with Crippen LogP contribution >= 0.6 is 0 Å². The number of benzene rings is 1. The number of carbonyl (C=O) groups is 1. The fraction of sp³-hybridized carbons (Fsp3) is 0.0909. The third kappa shape index (κ3) is 2.66. The lowest BCUT2D eigenvalue weighted by molar-refractivity contribution is -0.132. The number of hydrogen-bond donors (Lipinski definition) is 3. The highest BCUT2D eigenvalue weighted by Gasteiger charge is 2.11. The molecule has 3 N–H and O–H groups in total. The first kappa shape index (κ1) is 12.4. The SMILES string of the molecule is COc1cc(C=C(C#N)C(=O)O)cc(O)c1O. The molecule has 0 aromatic heterocycles. The summed E-state index contributed by atoms with van der Waals surface area (Å²) in [7, 11) is 1.28. The number of hydrogen-bond acceptors (Lipinski definition) is 5. The van der Waals surface area contributed by atoms with Crippen molar-refractivity contribution < 1.29 is 24.9 Å². The van der Waals surface area contributed by atoms with Gasteiger partial charge in [0.1, 0.15) is 11.6 Å². The van der Waals surface area contributed by atoms with Crippen LogP contribution in [-0.2, 0) is 4.79 Å². The summed E-state index contributed by atoms with van der Waals surface area (Å²) in [6, 6.07) is 3.92. The molecule has 0 bridgehead atoms. The van der Waals surface area contributed by atoms with Crippen molar-refractivity contribution in [1.29, 1.82) is 5.26 Å². The maximum absolute atomic E-state index is 10.6. The van der Waals surface area contributed by atoms with E-state index in [9.17, 15) is 15.0 Å². The molecule has 0 saturated carbocycles. The molecule has 0 amide bonds. The Kier molecular flexibility index (Phi) is 3.57. The Morgan fingerprint density at radius 3 is 2.59 bits per heavy atom. The molecule has 0 aliphatic rings. The molecule has 1 rings (SSSR count). The number of rotatable bonds is 3. The third-order valence-corrected chi connectivity index (χ3v) is 1.96. The Morgan fingerprint density at radius 1 is 1.47 bits per heavy atom. The van der Waals surface area contributed by atoms with Crippen molar-refractivity contribution in [3.05, 3.63) is 23.3 Å². The lowest BCUT2D eigenvalue weighted by Gasteiger charge is -2.06. The van der Waals surface area contributed by atoms with Crippen LogP contribution in [0.3, 0.4) is 0 Å². The van der Waals surface area contributed by atoms with Crippen LogP contribution in [-0.4, -0.2) is 28.4 Å². The normalized spacial score (nSPS) is 10.7. The van der Waals surface area contributed by atoms with E-state index in [0.29, 0.717) is 0 Å². The van der Waals surface area contributed by atoms with E-state index in [1.807, 2.05) is 0 Å². The predicted octanol–water partition coefficient (Wildman–Crippen LogP) is 1.10. The zero-order valence-corrected chi connectivity index (χ0v) is 8.84. The first-order chi connectivity index (χ1) is 7.99. The third-order valence-electron chi connectivity index (χ3n) is 1.96. The second-order valence-electron chi connectivity index (χ2n) is 3.07. The molecule has 0 fully saturated rings. The maximum atomic E-state index is 10.6. The second kappa shape index (κ2) is 4.90. The van der Waals surface area contributed by atoms with Gasteiger partial charge in [-0.05, 0) is 23.8 Å². The average Bonchev–Trinajstić information content (AvgIpc) is 2.29. The Labute approximate surface area is 96.6 Å². The maximum Gasteiger partial charge on any atom is 0.346 e. The summed E-state index contributed by atoms with van der Waals surface area (Å²) in [4.78, 5) is 10.6. The molecule has 0 spiro atoms.